The number of amides is 1. The number of ether oxygens (including phenoxy) is 1. The molecule has 2 atom stereocenters. The van der Waals surface area contributed by atoms with Crippen LogP contribution < -0.4 is 20.9 Å². The summed E-state index contributed by atoms with van der Waals surface area (Å²) in [5, 5.41) is 2.71. The summed E-state index contributed by atoms with van der Waals surface area (Å²) < 4.78 is 5.22. The third-order valence-corrected chi connectivity index (χ3v) is 9.40. The highest BCUT2D eigenvalue weighted by Gasteiger charge is 2.50. The van der Waals surface area contributed by atoms with E-state index in [0.717, 1.165) is 51.4 Å². The number of carbonyl (C=O) groups excluding carboxylic acids is 2. The van der Waals surface area contributed by atoms with Gasteiger partial charge in [-0.25, -0.2) is 4.98 Å². The molecule has 1 saturated heterocycles. The number of pyridine rings is 1. The summed E-state index contributed by atoms with van der Waals surface area (Å²) >= 11 is 0. The lowest BCUT2D eigenvalue weighted by molar-refractivity contribution is -0.138. The standard InChI is InChI=1S/C30H41N5O3/c1-35(2)30(22-10-5-4-6-11-22)15-13-29(14-16-30)20-25(33-34-29)24(18-21-8-7-9-21)27(36)28(37)32-26-19-23(38-3)12-17-31-26/h4-6,10-12,17,19,21,24-25,33-34H,7-9,13-16,18,20H2,1-3H3,(H,31,32,37)/t24?,25-,29?,30?/m0/s1. The monoisotopic (exact) mass is 519 g/mol. The fourth-order valence-corrected chi connectivity index (χ4v) is 6.72. The van der Waals surface area contributed by atoms with Gasteiger partial charge in [0.1, 0.15) is 11.6 Å². The van der Waals surface area contributed by atoms with Gasteiger partial charge in [-0.05, 0) is 70.2 Å². The van der Waals surface area contributed by atoms with Gasteiger partial charge >= 0.3 is 0 Å². The van der Waals surface area contributed by atoms with E-state index in [0.29, 0.717) is 17.5 Å². The molecule has 1 unspecified atom stereocenters. The van der Waals surface area contributed by atoms with E-state index in [9.17, 15) is 9.59 Å². The van der Waals surface area contributed by atoms with Crippen LogP contribution in [-0.4, -0.2) is 54.4 Å². The van der Waals surface area contributed by atoms with Crippen molar-refractivity contribution in [1.29, 1.82) is 0 Å². The second-order valence-corrected chi connectivity index (χ2v) is 11.7. The number of nitrogens with one attached hydrogen (secondary N) is 3. The number of ketones is 1. The first-order chi connectivity index (χ1) is 18.3. The van der Waals surface area contributed by atoms with E-state index in [-0.39, 0.29) is 28.8 Å². The fraction of sp³-hybridized carbons (Fsp3) is 0.567. The Balaban J connectivity index is 1.28. The van der Waals surface area contributed by atoms with Gasteiger partial charge in [0.25, 0.3) is 5.91 Å². The van der Waals surface area contributed by atoms with Gasteiger partial charge in [-0.15, -0.1) is 0 Å². The summed E-state index contributed by atoms with van der Waals surface area (Å²) in [6.07, 6.45) is 10.7. The highest BCUT2D eigenvalue weighted by molar-refractivity contribution is 6.41. The van der Waals surface area contributed by atoms with Gasteiger partial charge in [-0.3, -0.25) is 25.3 Å². The number of rotatable bonds is 9. The Labute approximate surface area is 225 Å². The Hall–Kier alpha value is -2.81. The zero-order chi connectivity index (χ0) is 26.8. The normalized spacial score (nSPS) is 28.2. The van der Waals surface area contributed by atoms with Crippen LogP contribution in [0, 0.1) is 11.8 Å². The number of hydrazine groups is 1. The number of carbonyl (C=O) groups is 2. The quantitative estimate of drug-likeness (QED) is 0.431. The lowest BCUT2D eigenvalue weighted by Gasteiger charge is -2.49. The van der Waals surface area contributed by atoms with Crippen molar-refractivity contribution in [3.8, 4) is 5.75 Å². The molecule has 2 saturated carbocycles. The maximum Gasteiger partial charge on any atom is 0.293 e. The Morgan fingerprint density at radius 1 is 1.13 bits per heavy atom. The van der Waals surface area contributed by atoms with Gasteiger partial charge in [0.15, 0.2) is 0 Å². The van der Waals surface area contributed by atoms with Crippen LogP contribution >= 0.6 is 0 Å². The molecule has 0 radical (unpaired) electrons. The van der Waals surface area contributed by atoms with Gasteiger partial charge in [0.05, 0.1) is 7.11 Å². The lowest BCUT2D eigenvalue weighted by Crippen LogP contribution is -2.53. The van der Waals surface area contributed by atoms with Gasteiger partial charge < -0.3 is 10.1 Å². The molecule has 38 heavy (non-hydrogen) atoms. The summed E-state index contributed by atoms with van der Waals surface area (Å²) in [5.74, 6) is 0.0901. The van der Waals surface area contributed by atoms with E-state index >= 15 is 0 Å². The Morgan fingerprint density at radius 3 is 2.50 bits per heavy atom. The molecule has 0 bridgehead atoms. The van der Waals surface area contributed by atoms with Crippen molar-refractivity contribution < 1.29 is 14.3 Å². The molecule has 8 heteroatoms. The van der Waals surface area contributed by atoms with Gasteiger partial charge in [-0.2, -0.15) is 0 Å². The van der Waals surface area contributed by atoms with E-state index in [1.54, 1.807) is 25.4 Å². The zero-order valence-corrected chi connectivity index (χ0v) is 22.8. The number of nitrogens with zero attached hydrogens (tertiary/aromatic N) is 2. The molecule has 2 aromatic rings. The number of anilines is 1. The van der Waals surface area contributed by atoms with Crippen LogP contribution in [0.2, 0.25) is 0 Å². The minimum atomic E-state index is -0.600. The van der Waals surface area contributed by atoms with E-state index in [1.165, 1.54) is 12.0 Å². The fourth-order valence-electron chi connectivity index (χ4n) is 6.72. The van der Waals surface area contributed by atoms with Crippen LogP contribution in [0.3, 0.4) is 0 Å². The number of aromatic nitrogens is 1. The van der Waals surface area contributed by atoms with Crippen LogP contribution in [0.15, 0.2) is 48.7 Å². The molecule has 8 nitrogen and oxygen atoms in total. The molecule has 2 aliphatic carbocycles. The summed E-state index contributed by atoms with van der Waals surface area (Å²) in [6.45, 7) is 0. The average molecular weight is 520 g/mol. The van der Waals surface area contributed by atoms with Crippen molar-refractivity contribution in [2.45, 2.75) is 74.9 Å². The Morgan fingerprint density at radius 2 is 1.87 bits per heavy atom. The van der Waals surface area contributed by atoms with Crippen LogP contribution in [0.1, 0.15) is 63.4 Å². The highest BCUT2D eigenvalue weighted by Crippen LogP contribution is 2.48. The summed E-state index contributed by atoms with van der Waals surface area (Å²) in [6, 6.07) is 14.1. The molecule has 1 spiro atoms. The number of benzene rings is 1. The molecule has 1 aliphatic heterocycles. The molecule has 1 aromatic heterocycles. The van der Waals surface area contributed by atoms with Crippen LogP contribution in [-0.2, 0) is 15.1 Å². The van der Waals surface area contributed by atoms with Gasteiger partial charge in [-0.1, -0.05) is 49.6 Å². The molecule has 3 N–H and O–H groups in total. The predicted molar refractivity (Wildman–Crippen MR) is 148 cm³/mol. The van der Waals surface area contributed by atoms with Crippen molar-refractivity contribution in [3.63, 3.8) is 0 Å². The third-order valence-electron chi connectivity index (χ3n) is 9.40. The molecule has 1 aromatic carbocycles. The molecular formula is C30H41N5O3. The SMILES string of the molecule is COc1ccnc(NC(=O)C(=O)C(CC2CCC2)[C@@H]2CC3(CCC(c4ccccc4)(N(C)C)CC3)NN2)c1. The lowest BCUT2D eigenvalue weighted by atomic mass is 9.66. The smallest absolute Gasteiger partial charge is 0.293 e. The number of hydrogen-bond acceptors (Lipinski definition) is 7. The summed E-state index contributed by atoms with van der Waals surface area (Å²) in [4.78, 5) is 33.2. The topological polar surface area (TPSA) is 95.6 Å². The second-order valence-electron chi connectivity index (χ2n) is 11.7. The molecule has 3 aliphatic rings. The summed E-state index contributed by atoms with van der Waals surface area (Å²) in [5.41, 5.74) is 8.41. The zero-order valence-electron chi connectivity index (χ0n) is 22.8. The number of hydrogen-bond donors (Lipinski definition) is 3. The van der Waals surface area contributed by atoms with Crippen LogP contribution in [0.25, 0.3) is 0 Å². The first-order valence-electron chi connectivity index (χ1n) is 14.0. The first-order valence-corrected chi connectivity index (χ1v) is 14.0. The molecule has 5 rings (SSSR count). The molecule has 2 heterocycles. The van der Waals surface area contributed by atoms with Crippen LogP contribution in [0.4, 0.5) is 5.82 Å². The first kappa shape index (κ1) is 26.8. The highest BCUT2D eigenvalue weighted by atomic mass is 16.5. The maximum absolute atomic E-state index is 13.6. The molecule has 3 fully saturated rings. The van der Waals surface area contributed by atoms with Crippen molar-refractivity contribution in [1.82, 2.24) is 20.7 Å². The third kappa shape index (κ3) is 5.35. The van der Waals surface area contributed by atoms with Gasteiger partial charge in [0.2, 0.25) is 5.78 Å². The minimum Gasteiger partial charge on any atom is -0.497 e. The van der Waals surface area contributed by atoms with E-state index in [1.807, 2.05) is 0 Å². The molecule has 204 valence electrons. The predicted octanol–water partition coefficient (Wildman–Crippen LogP) is 4.04. The Bertz CT molecular complexity index is 1130. The second kappa shape index (κ2) is 11.1. The number of methoxy groups -OCH3 is 1. The average Bonchev–Trinajstić information content (AvgIpc) is 3.32. The van der Waals surface area contributed by atoms with E-state index < -0.39 is 5.91 Å². The van der Waals surface area contributed by atoms with E-state index in [4.69, 9.17) is 4.74 Å². The number of Topliss-reactive ketones (excluding diaryl/α,β-unsaturated/α-hetero) is 1. The van der Waals surface area contributed by atoms with E-state index in [2.05, 4.69) is 70.5 Å². The van der Waals surface area contributed by atoms with Crippen molar-refractivity contribution in [2.24, 2.45) is 11.8 Å². The van der Waals surface area contributed by atoms with Crippen molar-refractivity contribution in [2.75, 3.05) is 26.5 Å². The van der Waals surface area contributed by atoms with Crippen molar-refractivity contribution in [3.05, 3.63) is 54.2 Å². The summed E-state index contributed by atoms with van der Waals surface area (Å²) in [7, 11) is 5.91. The minimum absolute atomic E-state index is 0.0110. The largest absolute Gasteiger partial charge is 0.497 e. The van der Waals surface area contributed by atoms with Crippen LogP contribution in [0.5, 0.6) is 5.75 Å². The maximum atomic E-state index is 13.6. The van der Waals surface area contributed by atoms with Crippen molar-refractivity contribution >= 4 is 17.5 Å². The Kier molecular flexibility index (Phi) is 7.84. The molecular weight excluding hydrogens is 478 g/mol. The van der Waals surface area contributed by atoms with Gasteiger partial charge in [0, 0.05) is 35.3 Å². The molecule has 1 amide bonds.